The molecule has 2 aromatic rings. The number of carboxylic acids is 1. The molecule has 1 fully saturated rings. The Kier molecular flexibility index (Phi) is 3.00. The quantitative estimate of drug-likeness (QED) is 0.915. The number of nitrogens with zero attached hydrogens (tertiary/aromatic N) is 4. The molecular formula is C14H16N4O2. The molecule has 0 atom stereocenters. The minimum absolute atomic E-state index is 0.571. The van der Waals surface area contributed by atoms with Crippen molar-refractivity contribution in [3.8, 4) is 11.4 Å². The Bertz CT molecular complexity index is 646. The average Bonchev–Trinajstić information content (AvgIpc) is 2.80. The second kappa shape index (κ2) is 4.70. The Hall–Kier alpha value is -2.24. The Labute approximate surface area is 116 Å². The highest BCUT2D eigenvalue weighted by Crippen LogP contribution is 2.44. The van der Waals surface area contributed by atoms with Gasteiger partial charge in [-0.15, -0.1) is 5.10 Å². The summed E-state index contributed by atoms with van der Waals surface area (Å²) in [5.41, 5.74) is 1.36. The van der Waals surface area contributed by atoms with Crippen LogP contribution in [0, 0.1) is 5.41 Å². The van der Waals surface area contributed by atoms with Crippen molar-refractivity contribution in [2.45, 2.75) is 25.7 Å². The molecule has 3 rings (SSSR count). The molecular weight excluding hydrogens is 256 g/mol. The van der Waals surface area contributed by atoms with E-state index >= 15 is 0 Å². The summed E-state index contributed by atoms with van der Waals surface area (Å²) in [6.07, 6.45) is 3.09. The van der Waals surface area contributed by atoms with Gasteiger partial charge in [-0.1, -0.05) is 24.6 Å². The summed E-state index contributed by atoms with van der Waals surface area (Å²) >= 11 is 0. The summed E-state index contributed by atoms with van der Waals surface area (Å²) in [7, 11) is 1.78. The molecule has 104 valence electrons. The molecule has 1 aromatic carbocycles. The first-order valence-corrected chi connectivity index (χ1v) is 6.66. The van der Waals surface area contributed by atoms with E-state index in [1.165, 1.54) is 0 Å². The summed E-state index contributed by atoms with van der Waals surface area (Å²) in [6.45, 7) is 0. The van der Waals surface area contributed by atoms with E-state index in [2.05, 4.69) is 15.5 Å². The van der Waals surface area contributed by atoms with Crippen LogP contribution in [-0.4, -0.2) is 31.3 Å². The molecule has 1 aliphatic rings. The molecule has 1 aromatic heterocycles. The van der Waals surface area contributed by atoms with E-state index in [0.29, 0.717) is 12.2 Å². The SMILES string of the molecule is Cn1nnnc1-c1cccc(CC2(C(=O)O)CCC2)c1. The first-order chi connectivity index (χ1) is 9.61. The van der Waals surface area contributed by atoms with Gasteiger partial charge in [0.1, 0.15) is 0 Å². The highest BCUT2D eigenvalue weighted by atomic mass is 16.4. The van der Waals surface area contributed by atoms with Crippen molar-refractivity contribution in [2.24, 2.45) is 12.5 Å². The van der Waals surface area contributed by atoms with Gasteiger partial charge in [0.25, 0.3) is 0 Å². The summed E-state index contributed by atoms with van der Waals surface area (Å²) in [5, 5.41) is 20.8. The lowest BCUT2D eigenvalue weighted by Gasteiger charge is -2.37. The maximum atomic E-state index is 11.4. The van der Waals surface area contributed by atoms with Crippen molar-refractivity contribution in [1.29, 1.82) is 0 Å². The van der Waals surface area contributed by atoms with Gasteiger partial charge in [-0.25, -0.2) is 4.68 Å². The molecule has 1 N–H and O–H groups in total. The third kappa shape index (κ3) is 2.07. The normalized spacial score (nSPS) is 16.6. The molecule has 0 spiro atoms. The number of hydrogen-bond acceptors (Lipinski definition) is 4. The van der Waals surface area contributed by atoms with Crippen molar-refractivity contribution in [3.63, 3.8) is 0 Å². The maximum absolute atomic E-state index is 11.4. The molecule has 0 amide bonds. The summed E-state index contributed by atoms with van der Waals surface area (Å²) in [6, 6.07) is 7.81. The van der Waals surface area contributed by atoms with Gasteiger partial charge in [-0.2, -0.15) is 0 Å². The van der Waals surface area contributed by atoms with E-state index < -0.39 is 11.4 Å². The Balaban J connectivity index is 1.89. The van der Waals surface area contributed by atoms with Crippen molar-refractivity contribution in [1.82, 2.24) is 20.2 Å². The average molecular weight is 272 g/mol. The number of aryl methyl sites for hydroxylation is 1. The number of carbonyl (C=O) groups is 1. The van der Waals surface area contributed by atoms with E-state index in [9.17, 15) is 9.90 Å². The van der Waals surface area contributed by atoms with E-state index in [-0.39, 0.29) is 0 Å². The minimum Gasteiger partial charge on any atom is -0.481 e. The monoisotopic (exact) mass is 272 g/mol. The predicted molar refractivity (Wildman–Crippen MR) is 71.9 cm³/mol. The Morgan fingerprint density at radius 3 is 2.80 bits per heavy atom. The molecule has 1 heterocycles. The second-order valence-electron chi connectivity index (χ2n) is 5.44. The van der Waals surface area contributed by atoms with Crippen molar-refractivity contribution >= 4 is 5.97 Å². The van der Waals surface area contributed by atoms with Crippen LogP contribution >= 0.6 is 0 Å². The molecule has 0 saturated heterocycles. The minimum atomic E-state index is -0.686. The fourth-order valence-electron chi connectivity index (χ4n) is 2.75. The highest BCUT2D eigenvalue weighted by Gasteiger charge is 2.44. The lowest BCUT2D eigenvalue weighted by molar-refractivity contribution is -0.154. The van der Waals surface area contributed by atoms with E-state index in [1.54, 1.807) is 11.7 Å². The number of carboxylic acid groups (broad SMARTS) is 1. The molecule has 1 saturated carbocycles. The molecule has 20 heavy (non-hydrogen) atoms. The number of aromatic nitrogens is 4. The molecule has 6 heteroatoms. The molecule has 6 nitrogen and oxygen atoms in total. The fraction of sp³-hybridized carbons (Fsp3) is 0.429. The van der Waals surface area contributed by atoms with Crippen molar-refractivity contribution in [2.75, 3.05) is 0 Å². The van der Waals surface area contributed by atoms with Gasteiger partial charge in [0.05, 0.1) is 5.41 Å². The van der Waals surface area contributed by atoms with Crippen LogP contribution in [0.25, 0.3) is 11.4 Å². The van der Waals surface area contributed by atoms with Crippen LogP contribution < -0.4 is 0 Å². The number of tetrazole rings is 1. The zero-order valence-electron chi connectivity index (χ0n) is 11.3. The molecule has 1 aliphatic carbocycles. The zero-order chi connectivity index (χ0) is 14.2. The third-order valence-electron chi connectivity index (χ3n) is 4.11. The number of rotatable bonds is 4. The molecule has 0 bridgehead atoms. The van der Waals surface area contributed by atoms with Crippen LogP contribution in [0.5, 0.6) is 0 Å². The lowest BCUT2D eigenvalue weighted by atomic mass is 9.65. The summed E-state index contributed by atoms with van der Waals surface area (Å²) in [4.78, 5) is 11.4. The van der Waals surface area contributed by atoms with Gasteiger partial charge in [-0.05, 0) is 41.3 Å². The Morgan fingerprint density at radius 1 is 1.45 bits per heavy atom. The smallest absolute Gasteiger partial charge is 0.309 e. The zero-order valence-corrected chi connectivity index (χ0v) is 11.3. The van der Waals surface area contributed by atoms with E-state index in [1.807, 2.05) is 24.3 Å². The van der Waals surface area contributed by atoms with Gasteiger partial charge in [0.2, 0.25) is 0 Å². The van der Waals surface area contributed by atoms with Crippen LogP contribution in [0.1, 0.15) is 24.8 Å². The van der Waals surface area contributed by atoms with Crippen LogP contribution in [0.15, 0.2) is 24.3 Å². The van der Waals surface area contributed by atoms with Gasteiger partial charge in [0, 0.05) is 12.6 Å². The first kappa shape index (κ1) is 12.8. The van der Waals surface area contributed by atoms with Crippen LogP contribution in [-0.2, 0) is 18.3 Å². The fourth-order valence-corrected chi connectivity index (χ4v) is 2.75. The van der Waals surface area contributed by atoms with E-state index in [0.717, 1.165) is 30.4 Å². The lowest BCUT2D eigenvalue weighted by Crippen LogP contribution is -2.39. The largest absolute Gasteiger partial charge is 0.481 e. The topological polar surface area (TPSA) is 80.9 Å². The second-order valence-corrected chi connectivity index (χ2v) is 5.44. The van der Waals surface area contributed by atoms with Crippen LogP contribution in [0.4, 0.5) is 0 Å². The van der Waals surface area contributed by atoms with Crippen molar-refractivity contribution in [3.05, 3.63) is 29.8 Å². The van der Waals surface area contributed by atoms with Crippen LogP contribution in [0.2, 0.25) is 0 Å². The summed E-state index contributed by atoms with van der Waals surface area (Å²) in [5.74, 6) is -0.000637. The van der Waals surface area contributed by atoms with Crippen LogP contribution in [0.3, 0.4) is 0 Å². The molecule has 0 aliphatic heterocycles. The Morgan fingerprint density at radius 2 is 2.25 bits per heavy atom. The van der Waals surface area contributed by atoms with Gasteiger partial charge in [-0.3, -0.25) is 4.79 Å². The first-order valence-electron chi connectivity index (χ1n) is 6.66. The van der Waals surface area contributed by atoms with Gasteiger partial charge < -0.3 is 5.11 Å². The van der Waals surface area contributed by atoms with Gasteiger partial charge in [0.15, 0.2) is 5.82 Å². The highest BCUT2D eigenvalue weighted by molar-refractivity contribution is 5.76. The van der Waals surface area contributed by atoms with E-state index in [4.69, 9.17) is 0 Å². The molecule has 0 radical (unpaired) electrons. The number of aliphatic carboxylic acids is 1. The molecule has 0 unspecified atom stereocenters. The summed E-state index contributed by atoms with van der Waals surface area (Å²) < 4.78 is 1.61. The number of benzene rings is 1. The maximum Gasteiger partial charge on any atom is 0.309 e. The number of hydrogen-bond donors (Lipinski definition) is 1. The predicted octanol–water partition coefficient (Wildman–Crippen LogP) is 1.67. The third-order valence-corrected chi connectivity index (χ3v) is 4.11. The van der Waals surface area contributed by atoms with Crippen molar-refractivity contribution < 1.29 is 9.90 Å². The standard InChI is InChI=1S/C14H16N4O2/c1-18-12(15-16-17-18)11-5-2-4-10(8-11)9-14(13(19)20)6-3-7-14/h2,4-5,8H,3,6-7,9H2,1H3,(H,19,20). The van der Waals surface area contributed by atoms with Gasteiger partial charge >= 0.3 is 5.97 Å².